The highest BCUT2D eigenvalue weighted by atomic mass is 35.5. The van der Waals surface area contributed by atoms with Gasteiger partial charge in [-0.2, -0.15) is 0 Å². The Kier molecular flexibility index (Phi) is 5.51. The second-order valence-electron chi connectivity index (χ2n) is 7.99. The van der Waals surface area contributed by atoms with Crippen LogP contribution >= 0.6 is 23.2 Å². The van der Waals surface area contributed by atoms with Gasteiger partial charge in [0.05, 0.1) is 0 Å². The van der Waals surface area contributed by atoms with Crippen molar-refractivity contribution in [3.8, 4) is 0 Å². The Hall–Kier alpha value is -1.19. The minimum atomic E-state index is -0.935. The maximum Gasteiger partial charge on any atom is 0.132 e. The first-order valence-corrected chi connectivity index (χ1v) is 8.72. The third-order valence-electron chi connectivity index (χ3n) is 4.18. The topological polar surface area (TPSA) is 0 Å². The average molecular weight is 389 g/mol. The first-order chi connectivity index (χ1) is 11.3. The normalized spacial score (nSPS) is 12.6. The van der Waals surface area contributed by atoms with Gasteiger partial charge in [-0.25, -0.2) is 13.2 Å². The van der Waals surface area contributed by atoms with Crippen molar-refractivity contribution >= 4 is 23.2 Å². The summed E-state index contributed by atoms with van der Waals surface area (Å²) in [5, 5.41) is 1.04. The summed E-state index contributed by atoms with van der Waals surface area (Å²) >= 11 is 12.8. The maximum absolute atomic E-state index is 14.2. The fraction of sp³-hybridized carbons (Fsp3) is 0.400. The van der Waals surface area contributed by atoms with Crippen molar-refractivity contribution in [2.45, 2.75) is 51.9 Å². The van der Waals surface area contributed by atoms with Gasteiger partial charge < -0.3 is 0 Å². The minimum Gasteiger partial charge on any atom is -0.207 e. The molecule has 0 saturated carbocycles. The van der Waals surface area contributed by atoms with Gasteiger partial charge >= 0.3 is 0 Å². The summed E-state index contributed by atoms with van der Waals surface area (Å²) in [5.41, 5.74) is 0.309. The molecule has 0 bridgehead atoms. The highest BCUT2D eigenvalue weighted by Crippen LogP contribution is 2.39. The molecule has 0 heterocycles. The van der Waals surface area contributed by atoms with Gasteiger partial charge in [0.2, 0.25) is 0 Å². The average Bonchev–Trinajstić information content (AvgIpc) is 2.32. The van der Waals surface area contributed by atoms with E-state index in [9.17, 15) is 13.2 Å². The molecule has 5 heteroatoms. The Bertz CT molecular complexity index is 759. The van der Waals surface area contributed by atoms with Gasteiger partial charge in [0.25, 0.3) is 0 Å². The van der Waals surface area contributed by atoms with Crippen molar-refractivity contribution in [1.29, 1.82) is 0 Å². The first-order valence-electron chi connectivity index (χ1n) is 7.96. The third kappa shape index (κ3) is 4.32. The van der Waals surface area contributed by atoms with E-state index in [1.807, 2.05) is 20.8 Å². The van der Waals surface area contributed by atoms with E-state index in [-0.39, 0.29) is 11.0 Å². The molecule has 0 nitrogen and oxygen atoms in total. The molecule has 0 aliphatic rings. The van der Waals surface area contributed by atoms with Crippen molar-refractivity contribution < 1.29 is 13.2 Å². The molecular formula is C20H21Cl2F3. The van der Waals surface area contributed by atoms with Crippen LogP contribution in [0.1, 0.15) is 51.3 Å². The molecule has 2 aromatic rings. The van der Waals surface area contributed by atoms with Crippen molar-refractivity contribution in [2.75, 3.05) is 0 Å². The van der Waals surface area contributed by atoms with E-state index in [0.29, 0.717) is 28.6 Å². The molecule has 0 unspecified atom stereocenters. The largest absolute Gasteiger partial charge is 0.207 e. The summed E-state index contributed by atoms with van der Waals surface area (Å²) in [7, 11) is 0. The van der Waals surface area contributed by atoms with Crippen LogP contribution in [0.3, 0.4) is 0 Å². The molecule has 0 aliphatic carbocycles. The maximum atomic E-state index is 14.2. The number of halogens is 5. The predicted octanol–water partition coefficient (Wildman–Crippen LogP) is 7.23. The van der Waals surface area contributed by atoms with Gasteiger partial charge in [0.15, 0.2) is 0 Å². The quantitative estimate of drug-likeness (QED) is 0.520. The lowest BCUT2D eigenvalue weighted by atomic mass is 9.78. The van der Waals surface area contributed by atoms with E-state index in [4.69, 9.17) is 23.2 Å². The van der Waals surface area contributed by atoms with Gasteiger partial charge in [-0.15, -0.1) is 0 Å². The zero-order valence-corrected chi connectivity index (χ0v) is 16.4. The van der Waals surface area contributed by atoms with Crippen LogP contribution in [0.2, 0.25) is 10.0 Å². The van der Waals surface area contributed by atoms with Crippen LogP contribution in [0.15, 0.2) is 24.3 Å². The molecule has 0 aliphatic heterocycles. The molecule has 2 rings (SSSR count). The first kappa shape index (κ1) is 20.1. The molecule has 25 heavy (non-hydrogen) atoms. The molecule has 0 atom stereocenters. The Labute approximate surface area is 157 Å². The van der Waals surface area contributed by atoms with Crippen LogP contribution in [0.4, 0.5) is 13.2 Å². The summed E-state index contributed by atoms with van der Waals surface area (Å²) in [6.45, 7) is 9.42. The van der Waals surface area contributed by atoms with Gasteiger partial charge in [0.1, 0.15) is 17.5 Å². The molecule has 0 amide bonds. The van der Waals surface area contributed by atoms with E-state index >= 15 is 0 Å². The number of hydrogen-bond acceptors (Lipinski definition) is 0. The minimum absolute atomic E-state index is 0.152. The van der Waals surface area contributed by atoms with Gasteiger partial charge in [-0.05, 0) is 40.5 Å². The molecule has 0 spiro atoms. The van der Waals surface area contributed by atoms with Gasteiger partial charge in [0, 0.05) is 27.7 Å². The summed E-state index contributed by atoms with van der Waals surface area (Å²) in [6.07, 6.45) is 0.302. The summed E-state index contributed by atoms with van der Waals surface area (Å²) in [4.78, 5) is 0. The Balaban J connectivity index is 2.46. The molecular weight excluding hydrogens is 368 g/mol. The van der Waals surface area contributed by atoms with E-state index in [1.165, 1.54) is 0 Å². The van der Waals surface area contributed by atoms with Crippen LogP contribution in [0.5, 0.6) is 0 Å². The molecule has 0 radical (unpaired) electrons. The number of rotatable bonds is 3. The molecule has 136 valence electrons. The Morgan fingerprint density at radius 2 is 1.20 bits per heavy atom. The zero-order valence-electron chi connectivity index (χ0n) is 14.9. The predicted molar refractivity (Wildman–Crippen MR) is 98.2 cm³/mol. The van der Waals surface area contributed by atoms with Crippen LogP contribution < -0.4 is 0 Å². The molecule has 0 fully saturated rings. The van der Waals surface area contributed by atoms with E-state index in [1.54, 1.807) is 26.0 Å². The molecule has 2 aromatic carbocycles. The Morgan fingerprint density at radius 3 is 1.60 bits per heavy atom. The van der Waals surface area contributed by atoms with E-state index < -0.39 is 22.9 Å². The Morgan fingerprint density at radius 1 is 0.760 bits per heavy atom. The van der Waals surface area contributed by atoms with Crippen LogP contribution in [-0.2, 0) is 17.3 Å². The van der Waals surface area contributed by atoms with Gasteiger partial charge in [-0.3, -0.25) is 0 Å². The van der Waals surface area contributed by atoms with E-state index in [2.05, 4.69) is 0 Å². The molecule has 0 aromatic heterocycles. The fourth-order valence-electron chi connectivity index (χ4n) is 3.23. The lowest BCUT2D eigenvalue weighted by molar-refractivity contribution is 0.435. The van der Waals surface area contributed by atoms with E-state index in [0.717, 1.165) is 11.1 Å². The number of hydrogen-bond donors (Lipinski definition) is 0. The molecule has 0 saturated heterocycles. The summed E-state index contributed by atoms with van der Waals surface area (Å²) < 4.78 is 41.5. The van der Waals surface area contributed by atoms with Crippen molar-refractivity contribution in [1.82, 2.24) is 0 Å². The lowest BCUT2D eigenvalue weighted by Gasteiger charge is -2.28. The summed E-state index contributed by atoms with van der Waals surface area (Å²) in [5.74, 6) is -2.73. The fourth-order valence-corrected chi connectivity index (χ4v) is 4.33. The number of benzene rings is 2. The highest BCUT2D eigenvalue weighted by Gasteiger charge is 2.30. The van der Waals surface area contributed by atoms with Crippen molar-refractivity contribution in [3.63, 3.8) is 0 Å². The monoisotopic (exact) mass is 388 g/mol. The van der Waals surface area contributed by atoms with Crippen LogP contribution in [0, 0.1) is 17.5 Å². The zero-order chi connectivity index (χ0) is 19.2. The lowest BCUT2D eigenvalue weighted by Crippen LogP contribution is -2.24. The van der Waals surface area contributed by atoms with Crippen molar-refractivity contribution in [3.05, 3.63) is 68.5 Å². The second-order valence-corrected chi connectivity index (χ2v) is 8.80. The van der Waals surface area contributed by atoms with Gasteiger partial charge in [-0.1, -0.05) is 57.8 Å². The third-order valence-corrected chi connectivity index (χ3v) is 4.78. The standard InChI is InChI=1S/C20H21Cl2F3/c1-19(2,3)17-13(21)6-11(7-14(17)22)10-20(4,5)18-15(24)8-12(23)9-16(18)25/h6-9H,10H2,1-5H3. The molecule has 0 N–H and O–H groups in total. The smallest absolute Gasteiger partial charge is 0.132 e. The highest BCUT2D eigenvalue weighted by molar-refractivity contribution is 6.36. The second kappa shape index (κ2) is 6.85. The van der Waals surface area contributed by atoms with Crippen LogP contribution in [0.25, 0.3) is 0 Å². The SMILES string of the molecule is CC(C)(C)c1c(Cl)cc(CC(C)(C)c2c(F)cc(F)cc2F)cc1Cl. The van der Waals surface area contributed by atoms with Crippen LogP contribution in [-0.4, -0.2) is 0 Å². The summed E-state index contributed by atoms with van der Waals surface area (Å²) in [6, 6.07) is 4.94. The van der Waals surface area contributed by atoms with Crippen molar-refractivity contribution in [2.24, 2.45) is 0 Å².